The summed E-state index contributed by atoms with van der Waals surface area (Å²) in [7, 11) is 0. The molecule has 104 valence electrons. The fourth-order valence-electron chi connectivity index (χ4n) is 3.24. The Bertz CT molecular complexity index is 463. The Labute approximate surface area is 120 Å². The first kappa shape index (κ1) is 14.4. The fraction of sp³-hybridized carbons (Fsp3) is 0.533. The molecule has 1 amide bonds. The number of amides is 1. The van der Waals surface area contributed by atoms with Crippen LogP contribution in [0.3, 0.4) is 0 Å². The molecule has 19 heavy (non-hydrogen) atoms. The Morgan fingerprint density at radius 1 is 1.26 bits per heavy atom. The van der Waals surface area contributed by atoms with Crippen LogP contribution in [0.4, 0.5) is 5.69 Å². The topological polar surface area (TPSA) is 46.3 Å². The standard InChI is InChI=1S/C15H20N2O.ClH/c16-13-6-3-5-12(10-13)15(18)17-9-8-11-4-1-2-7-14(11)17;/h1-2,4,7,12-13H,3,5-6,8-10,16H2;1H. The monoisotopic (exact) mass is 280 g/mol. The molecular formula is C15H21ClN2O. The summed E-state index contributed by atoms with van der Waals surface area (Å²) in [6.07, 6.45) is 5.01. The van der Waals surface area contributed by atoms with Gasteiger partial charge in [-0.15, -0.1) is 12.4 Å². The number of hydrogen-bond donors (Lipinski definition) is 1. The highest BCUT2D eigenvalue weighted by Gasteiger charge is 2.32. The molecule has 2 atom stereocenters. The third-order valence-electron chi connectivity index (χ3n) is 4.22. The molecule has 0 saturated heterocycles. The predicted molar refractivity (Wildman–Crippen MR) is 79.7 cm³/mol. The van der Waals surface area contributed by atoms with Crippen molar-refractivity contribution >= 4 is 24.0 Å². The SMILES string of the molecule is Cl.NC1CCCC(C(=O)N2CCc3ccccc32)C1. The predicted octanol–water partition coefficient (Wildman–Crippen LogP) is 2.52. The number of fused-ring (bicyclic) bond motifs is 1. The van der Waals surface area contributed by atoms with Gasteiger partial charge in [0.2, 0.25) is 5.91 Å². The van der Waals surface area contributed by atoms with Gasteiger partial charge in [-0.1, -0.05) is 24.6 Å². The van der Waals surface area contributed by atoms with Crippen molar-refractivity contribution in [2.75, 3.05) is 11.4 Å². The second-order valence-corrected chi connectivity index (χ2v) is 5.49. The highest BCUT2D eigenvalue weighted by Crippen LogP contribution is 2.32. The third-order valence-corrected chi connectivity index (χ3v) is 4.22. The minimum absolute atomic E-state index is 0. The fourth-order valence-corrected chi connectivity index (χ4v) is 3.24. The molecule has 0 spiro atoms. The molecule has 3 nitrogen and oxygen atoms in total. The van der Waals surface area contributed by atoms with Crippen LogP contribution in [-0.2, 0) is 11.2 Å². The van der Waals surface area contributed by atoms with Crippen LogP contribution in [0, 0.1) is 5.92 Å². The third kappa shape index (κ3) is 2.77. The van der Waals surface area contributed by atoms with Gasteiger partial charge in [0.15, 0.2) is 0 Å². The molecule has 2 unspecified atom stereocenters. The van der Waals surface area contributed by atoms with Crippen LogP contribution >= 0.6 is 12.4 Å². The quantitative estimate of drug-likeness (QED) is 0.859. The first-order valence-electron chi connectivity index (χ1n) is 6.90. The van der Waals surface area contributed by atoms with Crippen LogP contribution < -0.4 is 10.6 Å². The molecule has 4 heteroatoms. The second-order valence-electron chi connectivity index (χ2n) is 5.49. The van der Waals surface area contributed by atoms with Gasteiger partial charge in [0, 0.05) is 24.2 Å². The number of halogens is 1. The van der Waals surface area contributed by atoms with Crippen LogP contribution in [0.25, 0.3) is 0 Å². The number of carbonyl (C=O) groups excluding carboxylic acids is 1. The van der Waals surface area contributed by atoms with E-state index in [2.05, 4.69) is 12.1 Å². The minimum atomic E-state index is 0. The Hall–Kier alpha value is -1.06. The molecule has 3 rings (SSSR count). The maximum Gasteiger partial charge on any atom is 0.230 e. The smallest absolute Gasteiger partial charge is 0.230 e. The van der Waals surface area contributed by atoms with Gasteiger partial charge in [-0.2, -0.15) is 0 Å². The normalized spacial score (nSPS) is 25.6. The van der Waals surface area contributed by atoms with E-state index in [0.29, 0.717) is 0 Å². The minimum Gasteiger partial charge on any atom is -0.328 e. The number of benzene rings is 1. The van der Waals surface area contributed by atoms with Gasteiger partial charge >= 0.3 is 0 Å². The zero-order valence-corrected chi connectivity index (χ0v) is 11.9. The van der Waals surface area contributed by atoms with Gasteiger partial charge in [0.1, 0.15) is 0 Å². The molecule has 0 aromatic heterocycles. The maximum atomic E-state index is 12.6. The Balaban J connectivity index is 0.00000133. The van der Waals surface area contributed by atoms with Crippen molar-refractivity contribution in [3.63, 3.8) is 0 Å². The van der Waals surface area contributed by atoms with Crippen LogP contribution in [-0.4, -0.2) is 18.5 Å². The molecule has 1 heterocycles. The molecule has 1 aliphatic carbocycles. The second kappa shape index (κ2) is 5.93. The van der Waals surface area contributed by atoms with Gasteiger partial charge in [0.05, 0.1) is 0 Å². The Kier molecular flexibility index (Phi) is 4.48. The Morgan fingerprint density at radius 2 is 2.05 bits per heavy atom. The zero-order valence-electron chi connectivity index (χ0n) is 11.0. The van der Waals surface area contributed by atoms with Crippen molar-refractivity contribution in [2.24, 2.45) is 11.7 Å². The highest BCUT2D eigenvalue weighted by molar-refractivity contribution is 5.97. The summed E-state index contributed by atoms with van der Waals surface area (Å²) in [5.74, 6) is 0.426. The summed E-state index contributed by atoms with van der Waals surface area (Å²) in [6.45, 7) is 0.837. The summed E-state index contributed by atoms with van der Waals surface area (Å²) in [5, 5.41) is 0. The van der Waals surface area contributed by atoms with Crippen molar-refractivity contribution in [3.8, 4) is 0 Å². The molecule has 2 aliphatic rings. The van der Waals surface area contributed by atoms with Crippen LogP contribution in [0.1, 0.15) is 31.2 Å². The van der Waals surface area contributed by atoms with Crippen LogP contribution in [0.15, 0.2) is 24.3 Å². The molecule has 1 aliphatic heterocycles. The largest absolute Gasteiger partial charge is 0.328 e. The lowest BCUT2D eigenvalue weighted by Crippen LogP contribution is -2.40. The van der Waals surface area contributed by atoms with E-state index >= 15 is 0 Å². The maximum absolute atomic E-state index is 12.6. The van der Waals surface area contributed by atoms with E-state index in [-0.39, 0.29) is 30.3 Å². The summed E-state index contributed by atoms with van der Waals surface area (Å²) in [6, 6.07) is 8.45. The lowest BCUT2D eigenvalue weighted by atomic mass is 9.85. The number of nitrogens with zero attached hydrogens (tertiary/aromatic N) is 1. The van der Waals surface area contributed by atoms with Crippen molar-refractivity contribution in [3.05, 3.63) is 29.8 Å². The van der Waals surface area contributed by atoms with Crippen molar-refractivity contribution in [1.29, 1.82) is 0 Å². The van der Waals surface area contributed by atoms with E-state index in [1.54, 1.807) is 0 Å². The number of rotatable bonds is 1. The molecule has 0 radical (unpaired) electrons. The molecule has 1 fully saturated rings. The lowest BCUT2D eigenvalue weighted by molar-refractivity contribution is -0.123. The van der Waals surface area contributed by atoms with E-state index < -0.39 is 0 Å². The number of anilines is 1. The molecule has 1 aromatic rings. The van der Waals surface area contributed by atoms with E-state index in [1.807, 2.05) is 17.0 Å². The van der Waals surface area contributed by atoms with Gasteiger partial charge in [-0.05, 0) is 37.3 Å². The summed E-state index contributed by atoms with van der Waals surface area (Å²) < 4.78 is 0. The molecule has 1 aromatic carbocycles. The summed E-state index contributed by atoms with van der Waals surface area (Å²) in [5.41, 5.74) is 8.40. The van der Waals surface area contributed by atoms with Gasteiger partial charge in [0.25, 0.3) is 0 Å². The van der Waals surface area contributed by atoms with E-state index in [1.165, 1.54) is 5.56 Å². The van der Waals surface area contributed by atoms with Gasteiger partial charge in [-0.3, -0.25) is 4.79 Å². The van der Waals surface area contributed by atoms with Gasteiger partial charge in [-0.25, -0.2) is 0 Å². The summed E-state index contributed by atoms with van der Waals surface area (Å²) >= 11 is 0. The first-order chi connectivity index (χ1) is 8.75. The average Bonchev–Trinajstić information content (AvgIpc) is 2.82. The summed E-state index contributed by atoms with van der Waals surface area (Å²) in [4.78, 5) is 14.5. The number of nitrogens with two attached hydrogens (primary N) is 1. The van der Waals surface area contributed by atoms with Crippen molar-refractivity contribution in [2.45, 2.75) is 38.1 Å². The number of para-hydroxylation sites is 1. The highest BCUT2D eigenvalue weighted by atomic mass is 35.5. The molecule has 2 N–H and O–H groups in total. The number of carbonyl (C=O) groups is 1. The van der Waals surface area contributed by atoms with E-state index in [9.17, 15) is 4.79 Å². The van der Waals surface area contributed by atoms with E-state index in [4.69, 9.17) is 5.73 Å². The van der Waals surface area contributed by atoms with Crippen molar-refractivity contribution < 1.29 is 4.79 Å². The Morgan fingerprint density at radius 3 is 2.84 bits per heavy atom. The van der Waals surface area contributed by atoms with Gasteiger partial charge < -0.3 is 10.6 Å². The molecule has 0 bridgehead atoms. The first-order valence-corrected chi connectivity index (χ1v) is 6.90. The number of hydrogen-bond acceptors (Lipinski definition) is 2. The molecule has 1 saturated carbocycles. The van der Waals surface area contributed by atoms with Crippen LogP contribution in [0.2, 0.25) is 0 Å². The van der Waals surface area contributed by atoms with E-state index in [0.717, 1.165) is 44.3 Å². The average molecular weight is 281 g/mol. The molecular weight excluding hydrogens is 260 g/mol. The van der Waals surface area contributed by atoms with Crippen molar-refractivity contribution in [1.82, 2.24) is 0 Å². The zero-order chi connectivity index (χ0) is 12.5. The lowest BCUT2D eigenvalue weighted by Gasteiger charge is -2.29. The van der Waals surface area contributed by atoms with Crippen LogP contribution in [0.5, 0.6) is 0 Å².